The SMILES string of the molecule is Nc1c(C(F)F)c(C(=O)Cl)c[nH]c1=O. The van der Waals surface area contributed by atoms with E-state index in [1.54, 1.807) is 0 Å². The molecule has 1 aromatic rings. The Kier molecular flexibility index (Phi) is 2.85. The number of pyridine rings is 1. The summed E-state index contributed by atoms with van der Waals surface area (Å²) in [5.74, 6) is 0. The van der Waals surface area contributed by atoms with Crippen LogP contribution in [0.4, 0.5) is 14.5 Å². The molecular formula is C7H5ClF2N2O2. The molecule has 0 atom stereocenters. The van der Waals surface area contributed by atoms with E-state index in [0.717, 1.165) is 6.20 Å². The number of nitrogen functional groups attached to an aromatic ring is 1. The van der Waals surface area contributed by atoms with Crippen molar-refractivity contribution in [1.82, 2.24) is 4.98 Å². The Morgan fingerprint density at radius 1 is 1.57 bits per heavy atom. The lowest BCUT2D eigenvalue weighted by atomic mass is 10.1. The number of aromatic amines is 1. The normalized spacial score (nSPS) is 10.6. The van der Waals surface area contributed by atoms with Crippen molar-refractivity contribution in [2.24, 2.45) is 0 Å². The van der Waals surface area contributed by atoms with Crippen LogP contribution in [-0.4, -0.2) is 10.2 Å². The van der Waals surface area contributed by atoms with E-state index in [2.05, 4.69) is 0 Å². The van der Waals surface area contributed by atoms with Gasteiger partial charge in [0, 0.05) is 6.20 Å². The minimum absolute atomic E-state index is 0.487. The van der Waals surface area contributed by atoms with Crippen molar-refractivity contribution < 1.29 is 13.6 Å². The molecule has 0 aliphatic heterocycles. The number of H-pyrrole nitrogens is 1. The Morgan fingerprint density at radius 3 is 2.57 bits per heavy atom. The van der Waals surface area contributed by atoms with E-state index in [9.17, 15) is 18.4 Å². The fourth-order valence-corrected chi connectivity index (χ4v) is 1.11. The zero-order chi connectivity index (χ0) is 10.9. The van der Waals surface area contributed by atoms with Crippen molar-refractivity contribution in [3.8, 4) is 0 Å². The second-order valence-electron chi connectivity index (χ2n) is 2.43. The van der Waals surface area contributed by atoms with Gasteiger partial charge in [-0.1, -0.05) is 0 Å². The third-order valence-electron chi connectivity index (χ3n) is 1.60. The molecule has 0 amide bonds. The highest BCUT2D eigenvalue weighted by Gasteiger charge is 2.22. The summed E-state index contributed by atoms with van der Waals surface area (Å²) >= 11 is 5.03. The van der Waals surface area contributed by atoms with Crippen LogP contribution >= 0.6 is 11.6 Å². The fourth-order valence-electron chi connectivity index (χ4n) is 0.958. The molecule has 1 rings (SSSR count). The van der Waals surface area contributed by atoms with Crippen LogP contribution in [0.2, 0.25) is 0 Å². The monoisotopic (exact) mass is 222 g/mol. The van der Waals surface area contributed by atoms with E-state index >= 15 is 0 Å². The second-order valence-corrected chi connectivity index (χ2v) is 2.78. The van der Waals surface area contributed by atoms with Gasteiger partial charge in [-0.2, -0.15) is 0 Å². The lowest BCUT2D eigenvalue weighted by molar-refractivity contribution is 0.106. The van der Waals surface area contributed by atoms with Gasteiger partial charge < -0.3 is 10.7 Å². The summed E-state index contributed by atoms with van der Waals surface area (Å²) in [6.45, 7) is 0. The molecule has 0 spiro atoms. The van der Waals surface area contributed by atoms with Crippen molar-refractivity contribution in [3.05, 3.63) is 27.7 Å². The molecule has 1 aromatic heterocycles. The molecule has 0 radical (unpaired) electrons. The molecule has 0 saturated heterocycles. The Balaban J connectivity index is 3.53. The van der Waals surface area contributed by atoms with Gasteiger partial charge in [0.15, 0.2) is 0 Å². The summed E-state index contributed by atoms with van der Waals surface area (Å²) in [6.07, 6.45) is -2.20. The maximum atomic E-state index is 12.4. The van der Waals surface area contributed by atoms with Crippen LogP contribution in [0, 0.1) is 0 Å². The third kappa shape index (κ3) is 1.74. The van der Waals surface area contributed by atoms with Crippen molar-refractivity contribution in [1.29, 1.82) is 0 Å². The topological polar surface area (TPSA) is 76.0 Å². The van der Waals surface area contributed by atoms with E-state index < -0.39 is 34.0 Å². The highest BCUT2D eigenvalue weighted by atomic mass is 35.5. The predicted octanol–water partition coefficient (Wildman–Crippen LogP) is 1.27. The zero-order valence-corrected chi connectivity index (χ0v) is 7.44. The molecule has 0 aromatic carbocycles. The number of carbonyl (C=O) groups excluding carboxylic acids is 1. The molecule has 0 aliphatic rings. The number of halogens is 3. The van der Waals surface area contributed by atoms with Crippen LogP contribution in [0.5, 0.6) is 0 Å². The summed E-state index contributed by atoms with van der Waals surface area (Å²) in [5, 5.41) is -1.09. The molecule has 3 N–H and O–H groups in total. The minimum Gasteiger partial charge on any atom is -0.394 e. The molecule has 4 nitrogen and oxygen atoms in total. The van der Waals surface area contributed by atoms with Crippen molar-refractivity contribution in [2.45, 2.75) is 6.43 Å². The molecule has 76 valence electrons. The summed E-state index contributed by atoms with van der Waals surface area (Å²) in [7, 11) is 0. The number of hydrogen-bond donors (Lipinski definition) is 2. The number of nitrogens with two attached hydrogens (primary N) is 1. The van der Waals surface area contributed by atoms with E-state index in [4.69, 9.17) is 17.3 Å². The molecular weight excluding hydrogens is 218 g/mol. The average Bonchev–Trinajstić information content (AvgIpc) is 2.08. The van der Waals surface area contributed by atoms with Gasteiger partial charge in [-0.05, 0) is 11.6 Å². The molecule has 1 heterocycles. The molecule has 7 heteroatoms. The largest absolute Gasteiger partial charge is 0.394 e. The van der Waals surface area contributed by atoms with Crippen molar-refractivity contribution in [3.63, 3.8) is 0 Å². The number of alkyl halides is 2. The number of hydrogen-bond acceptors (Lipinski definition) is 3. The molecule has 0 fully saturated rings. The van der Waals surface area contributed by atoms with Gasteiger partial charge in [0.2, 0.25) is 0 Å². The number of nitrogens with one attached hydrogen (secondary N) is 1. The minimum atomic E-state index is -3.02. The molecule has 0 unspecified atom stereocenters. The summed E-state index contributed by atoms with van der Waals surface area (Å²) in [5.41, 5.74) is 2.21. The third-order valence-corrected chi connectivity index (χ3v) is 1.81. The van der Waals surface area contributed by atoms with Gasteiger partial charge in [-0.15, -0.1) is 0 Å². The molecule has 0 saturated carbocycles. The van der Waals surface area contributed by atoms with Gasteiger partial charge in [-0.25, -0.2) is 8.78 Å². The average molecular weight is 223 g/mol. The quantitative estimate of drug-likeness (QED) is 0.740. The van der Waals surface area contributed by atoms with Gasteiger partial charge >= 0.3 is 0 Å². The number of rotatable bonds is 2. The fraction of sp³-hybridized carbons (Fsp3) is 0.143. The van der Waals surface area contributed by atoms with Crippen LogP contribution in [0.15, 0.2) is 11.0 Å². The highest BCUT2D eigenvalue weighted by Crippen LogP contribution is 2.26. The van der Waals surface area contributed by atoms with Crippen molar-refractivity contribution in [2.75, 3.05) is 5.73 Å². The molecule has 0 bridgehead atoms. The maximum absolute atomic E-state index is 12.4. The second kappa shape index (κ2) is 3.75. The lowest BCUT2D eigenvalue weighted by Gasteiger charge is -2.06. The van der Waals surface area contributed by atoms with Crippen LogP contribution in [-0.2, 0) is 0 Å². The number of carbonyl (C=O) groups is 1. The van der Waals surface area contributed by atoms with E-state index in [1.807, 2.05) is 4.98 Å². The predicted molar refractivity (Wildman–Crippen MR) is 46.6 cm³/mol. The van der Waals surface area contributed by atoms with Gasteiger partial charge in [-0.3, -0.25) is 9.59 Å². The first-order valence-electron chi connectivity index (χ1n) is 3.44. The highest BCUT2D eigenvalue weighted by molar-refractivity contribution is 6.68. The summed E-state index contributed by atoms with van der Waals surface area (Å²) in [4.78, 5) is 23.6. The first kappa shape index (κ1) is 10.6. The first-order chi connectivity index (χ1) is 6.45. The van der Waals surface area contributed by atoms with Crippen molar-refractivity contribution >= 4 is 22.5 Å². The van der Waals surface area contributed by atoms with Crippen LogP contribution in [0.1, 0.15) is 22.3 Å². The summed E-state index contributed by atoms with van der Waals surface area (Å²) < 4.78 is 24.8. The Bertz CT molecular complexity index is 430. The number of anilines is 1. The smallest absolute Gasteiger partial charge is 0.271 e. The lowest BCUT2D eigenvalue weighted by Crippen LogP contribution is -2.17. The van der Waals surface area contributed by atoms with Gasteiger partial charge in [0.25, 0.3) is 17.2 Å². The summed E-state index contributed by atoms with van der Waals surface area (Å²) in [6, 6.07) is 0. The Labute approximate surface area is 81.7 Å². The standard InChI is InChI=1S/C7H5ClF2N2O2/c8-5(13)2-1-12-7(14)4(11)3(2)6(9)10/h1,6H,11H2,(H,12,14). The van der Waals surface area contributed by atoms with Gasteiger partial charge in [0.1, 0.15) is 5.69 Å². The zero-order valence-electron chi connectivity index (χ0n) is 6.68. The van der Waals surface area contributed by atoms with E-state index in [0.29, 0.717) is 0 Å². The van der Waals surface area contributed by atoms with E-state index in [-0.39, 0.29) is 0 Å². The van der Waals surface area contributed by atoms with E-state index in [1.165, 1.54) is 0 Å². The Hall–Kier alpha value is -1.43. The molecule has 14 heavy (non-hydrogen) atoms. The van der Waals surface area contributed by atoms with Crippen LogP contribution < -0.4 is 11.3 Å². The first-order valence-corrected chi connectivity index (χ1v) is 3.82. The van der Waals surface area contributed by atoms with Crippen LogP contribution in [0.25, 0.3) is 0 Å². The van der Waals surface area contributed by atoms with Crippen LogP contribution in [0.3, 0.4) is 0 Å². The molecule has 0 aliphatic carbocycles. The van der Waals surface area contributed by atoms with Gasteiger partial charge in [0.05, 0.1) is 11.1 Å². The Morgan fingerprint density at radius 2 is 2.14 bits per heavy atom. The number of aromatic nitrogens is 1. The maximum Gasteiger partial charge on any atom is 0.271 e.